The molecule has 1 saturated heterocycles. The van der Waals surface area contributed by atoms with Crippen LogP contribution in [0.15, 0.2) is 42.0 Å². The Morgan fingerprint density at radius 2 is 1.68 bits per heavy atom. The number of ether oxygens (including phenoxy) is 2. The van der Waals surface area contributed by atoms with Crippen LogP contribution in [-0.4, -0.2) is 32.1 Å². The second-order valence-electron chi connectivity index (χ2n) is 5.67. The molecular formula is C19H14Cl2N2O5. The van der Waals surface area contributed by atoms with Gasteiger partial charge >= 0.3 is 6.03 Å². The first kappa shape index (κ1) is 19.7. The van der Waals surface area contributed by atoms with Crippen molar-refractivity contribution in [3.63, 3.8) is 0 Å². The van der Waals surface area contributed by atoms with E-state index in [0.29, 0.717) is 22.1 Å². The fourth-order valence-corrected chi connectivity index (χ4v) is 3.09. The number of carbonyl (C=O) groups is 3. The average Bonchev–Trinajstić information content (AvgIpc) is 2.66. The highest BCUT2D eigenvalue weighted by Crippen LogP contribution is 2.37. The van der Waals surface area contributed by atoms with Gasteiger partial charge in [-0.2, -0.15) is 0 Å². The number of imide groups is 2. The lowest BCUT2D eigenvalue weighted by Gasteiger charge is -2.26. The van der Waals surface area contributed by atoms with Crippen LogP contribution in [-0.2, 0) is 9.59 Å². The summed E-state index contributed by atoms with van der Waals surface area (Å²) in [5.74, 6) is -0.937. The monoisotopic (exact) mass is 420 g/mol. The maximum atomic E-state index is 12.9. The summed E-state index contributed by atoms with van der Waals surface area (Å²) in [4.78, 5) is 38.2. The molecule has 28 heavy (non-hydrogen) atoms. The lowest BCUT2D eigenvalue weighted by molar-refractivity contribution is -0.122. The van der Waals surface area contributed by atoms with Gasteiger partial charge in [-0.05, 0) is 48.0 Å². The van der Waals surface area contributed by atoms with Gasteiger partial charge in [-0.3, -0.25) is 14.9 Å². The third-order valence-electron chi connectivity index (χ3n) is 3.95. The van der Waals surface area contributed by atoms with E-state index in [4.69, 9.17) is 32.7 Å². The van der Waals surface area contributed by atoms with Gasteiger partial charge in [-0.25, -0.2) is 9.69 Å². The molecule has 144 valence electrons. The van der Waals surface area contributed by atoms with Crippen LogP contribution in [0.3, 0.4) is 0 Å². The van der Waals surface area contributed by atoms with Crippen molar-refractivity contribution in [1.29, 1.82) is 0 Å². The van der Waals surface area contributed by atoms with Gasteiger partial charge in [0.25, 0.3) is 11.8 Å². The molecular weight excluding hydrogens is 407 g/mol. The number of amides is 4. The molecule has 0 spiro atoms. The molecule has 0 atom stereocenters. The van der Waals surface area contributed by atoms with Crippen LogP contribution in [0.4, 0.5) is 10.5 Å². The molecule has 1 fully saturated rings. The van der Waals surface area contributed by atoms with Crippen molar-refractivity contribution < 1.29 is 23.9 Å². The Balaban J connectivity index is 2.04. The molecule has 2 aromatic rings. The molecule has 1 aliphatic heterocycles. The number of rotatable bonds is 4. The first-order valence-corrected chi connectivity index (χ1v) is 8.70. The normalized spacial score (nSPS) is 15.6. The Kier molecular flexibility index (Phi) is 5.58. The van der Waals surface area contributed by atoms with Gasteiger partial charge in [0, 0.05) is 5.02 Å². The number of halogens is 2. The topological polar surface area (TPSA) is 84.9 Å². The van der Waals surface area contributed by atoms with E-state index in [1.165, 1.54) is 50.6 Å². The van der Waals surface area contributed by atoms with Gasteiger partial charge in [0.15, 0.2) is 11.5 Å². The molecule has 0 bridgehead atoms. The van der Waals surface area contributed by atoms with Crippen molar-refractivity contribution in [2.75, 3.05) is 19.1 Å². The summed E-state index contributed by atoms with van der Waals surface area (Å²) in [6.07, 6.45) is 1.32. The molecule has 0 saturated carbocycles. The largest absolute Gasteiger partial charge is 0.493 e. The van der Waals surface area contributed by atoms with Gasteiger partial charge in [0.2, 0.25) is 0 Å². The predicted octanol–water partition coefficient (Wildman–Crippen LogP) is 3.68. The Hall–Kier alpha value is -3.03. The summed E-state index contributed by atoms with van der Waals surface area (Å²) in [5.41, 5.74) is 0.458. The summed E-state index contributed by atoms with van der Waals surface area (Å²) < 4.78 is 10.4. The maximum absolute atomic E-state index is 12.9. The van der Waals surface area contributed by atoms with Crippen molar-refractivity contribution >= 4 is 52.8 Å². The Morgan fingerprint density at radius 3 is 2.29 bits per heavy atom. The molecule has 2 aromatic carbocycles. The molecule has 1 heterocycles. The zero-order valence-electron chi connectivity index (χ0n) is 14.8. The van der Waals surface area contributed by atoms with Crippen molar-refractivity contribution in [3.05, 3.63) is 57.6 Å². The fourth-order valence-electron chi connectivity index (χ4n) is 2.67. The van der Waals surface area contributed by atoms with Crippen molar-refractivity contribution in [3.8, 4) is 11.5 Å². The van der Waals surface area contributed by atoms with E-state index in [1.54, 1.807) is 6.07 Å². The lowest BCUT2D eigenvalue weighted by Crippen LogP contribution is -2.54. The number of methoxy groups -OCH3 is 2. The minimum Gasteiger partial charge on any atom is -0.493 e. The highest BCUT2D eigenvalue weighted by Gasteiger charge is 2.36. The molecule has 0 unspecified atom stereocenters. The third-order valence-corrected chi connectivity index (χ3v) is 4.49. The van der Waals surface area contributed by atoms with Gasteiger partial charge in [-0.15, -0.1) is 0 Å². The van der Waals surface area contributed by atoms with E-state index < -0.39 is 17.8 Å². The van der Waals surface area contributed by atoms with Crippen LogP contribution in [0.5, 0.6) is 11.5 Å². The van der Waals surface area contributed by atoms with E-state index in [1.807, 2.05) is 0 Å². The van der Waals surface area contributed by atoms with Crippen LogP contribution < -0.4 is 19.7 Å². The molecule has 7 nitrogen and oxygen atoms in total. The van der Waals surface area contributed by atoms with Crippen LogP contribution in [0, 0.1) is 0 Å². The molecule has 0 aromatic heterocycles. The van der Waals surface area contributed by atoms with Crippen molar-refractivity contribution in [2.24, 2.45) is 0 Å². The Morgan fingerprint density at radius 1 is 1.00 bits per heavy atom. The highest BCUT2D eigenvalue weighted by atomic mass is 35.5. The Labute approximate surface area is 170 Å². The smallest absolute Gasteiger partial charge is 0.335 e. The third kappa shape index (κ3) is 3.67. The van der Waals surface area contributed by atoms with E-state index in [9.17, 15) is 14.4 Å². The van der Waals surface area contributed by atoms with Gasteiger partial charge in [0.05, 0.1) is 24.9 Å². The summed E-state index contributed by atoms with van der Waals surface area (Å²) in [5, 5.41) is 2.83. The number of hydrogen-bond acceptors (Lipinski definition) is 5. The van der Waals surface area contributed by atoms with E-state index in [-0.39, 0.29) is 16.3 Å². The van der Waals surface area contributed by atoms with E-state index in [2.05, 4.69) is 5.32 Å². The lowest BCUT2D eigenvalue weighted by atomic mass is 10.1. The summed E-state index contributed by atoms with van der Waals surface area (Å²) >= 11 is 12.0. The minimum absolute atomic E-state index is 0.238. The second-order valence-corrected chi connectivity index (χ2v) is 6.52. The van der Waals surface area contributed by atoms with Crippen molar-refractivity contribution in [2.45, 2.75) is 0 Å². The number of anilines is 1. The highest BCUT2D eigenvalue weighted by molar-refractivity contribution is 6.39. The number of carbonyl (C=O) groups excluding carboxylic acids is 3. The molecule has 0 aliphatic carbocycles. The first-order chi connectivity index (χ1) is 13.3. The van der Waals surface area contributed by atoms with Gasteiger partial charge < -0.3 is 9.47 Å². The zero-order chi connectivity index (χ0) is 20.4. The summed E-state index contributed by atoms with van der Waals surface area (Å²) in [7, 11) is 2.88. The number of hydrogen-bond donors (Lipinski definition) is 1. The summed E-state index contributed by atoms with van der Waals surface area (Å²) in [6.45, 7) is 0. The quantitative estimate of drug-likeness (QED) is 0.602. The fraction of sp³-hybridized carbons (Fsp3) is 0.105. The number of benzene rings is 2. The summed E-state index contributed by atoms with van der Waals surface area (Å²) in [6, 6.07) is 8.29. The first-order valence-electron chi connectivity index (χ1n) is 7.94. The molecule has 9 heteroatoms. The number of nitrogens with one attached hydrogen (secondary N) is 1. The van der Waals surface area contributed by atoms with Crippen molar-refractivity contribution in [1.82, 2.24) is 5.32 Å². The molecule has 4 amide bonds. The van der Waals surface area contributed by atoms with Gasteiger partial charge in [0.1, 0.15) is 5.57 Å². The van der Waals surface area contributed by atoms with Crippen LogP contribution in [0.2, 0.25) is 10.0 Å². The number of urea groups is 1. The Bertz CT molecular complexity index is 1000. The molecule has 1 aliphatic rings. The number of nitrogens with zero attached hydrogens (tertiary/aromatic N) is 1. The average molecular weight is 421 g/mol. The van der Waals surface area contributed by atoms with Gasteiger partial charge in [-0.1, -0.05) is 23.2 Å². The maximum Gasteiger partial charge on any atom is 0.335 e. The molecule has 1 N–H and O–H groups in total. The SMILES string of the molecule is COc1cc(C=C2C(=O)NC(=O)N(c3ccc(Cl)cc3)C2=O)cc(Cl)c1OC. The second kappa shape index (κ2) is 7.92. The van der Waals surface area contributed by atoms with Crippen LogP contribution in [0.25, 0.3) is 6.08 Å². The molecule has 0 radical (unpaired) electrons. The predicted molar refractivity (Wildman–Crippen MR) is 105 cm³/mol. The van der Waals surface area contributed by atoms with Crippen LogP contribution in [0.1, 0.15) is 5.56 Å². The molecule has 3 rings (SSSR count). The van der Waals surface area contributed by atoms with E-state index in [0.717, 1.165) is 4.90 Å². The van der Waals surface area contributed by atoms with E-state index >= 15 is 0 Å². The zero-order valence-corrected chi connectivity index (χ0v) is 16.3. The number of barbiturate groups is 1. The standard InChI is InChI=1S/C19H14Cl2N2O5/c1-27-15-9-10(8-14(21)16(15)28-2)7-13-17(24)22-19(26)23(18(13)25)12-5-3-11(20)4-6-12/h3-9H,1-2H3,(H,22,24,26). The van der Waals surface area contributed by atoms with Crippen LogP contribution >= 0.6 is 23.2 Å². The minimum atomic E-state index is -0.847.